The summed E-state index contributed by atoms with van der Waals surface area (Å²) in [7, 11) is 0. The molecule has 3 aliphatic carbocycles. The minimum Gasteiger partial charge on any atom is -0.353 e. The number of rotatable bonds is 4. The van der Waals surface area contributed by atoms with Crippen LogP contribution in [0.1, 0.15) is 64.7 Å². The molecule has 3 N–H and O–H groups in total. The molecular weight excluding hydrogens is 236 g/mol. The first-order valence-electron chi connectivity index (χ1n) is 8.14. The molecule has 3 heteroatoms. The van der Waals surface area contributed by atoms with Gasteiger partial charge >= 0.3 is 0 Å². The molecular formula is C16H28N2O. The van der Waals surface area contributed by atoms with E-state index < -0.39 is 0 Å². The molecule has 0 aromatic rings. The molecule has 19 heavy (non-hydrogen) atoms. The van der Waals surface area contributed by atoms with Gasteiger partial charge in [-0.1, -0.05) is 19.3 Å². The molecule has 4 atom stereocenters. The topological polar surface area (TPSA) is 55.1 Å². The molecule has 0 aliphatic heterocycles. The Morgan fingerprint density at radius 1 is 1.32 bits per heavy atom. The molecule has 0 saturated heterocycles. The van der Waals surface area contributed by atoms with Crippen molar-refractivity contribution in [2.24, 2.45) is 23.5 Å². The normalized spacial score (nSPS) is 37.5. The van der Waals surface area contributed by atoms with Crippen LogP contribution in [-0.4, -0.2) is 17.5 Å². The van der Waals surface area contributed by atoms with Crippen molar-refractivity contribution in [1.29, 1.82) is 0 Å². The highest BCUT2D eigenvalue weighted by Crippen LogP contribution is 2.49. The number of hydrogen-bond acceptors (Lipinski definition) is 2. The highest BCUT2D eigenvalue weighted by Gasteiger charge is 2.42. The molecule has 3 nitrogen and oxygen atoms in total. The van der Waals surface area contributed by atoms with Crippen LogP contribution in [0.4, 0.5) is 0 Å². The molecule has 0 radical (unpaired) electrons. The lowest BCUT2D eigenvalue weighted by Gasteiger charge is -2.30. The smallest absolute Gasteiger partial charge is 0.222 e. The number of nitrogens with two attached hydrogens (primary N) is 1. The maximum atomic E-state index is 12.2. The van der Waals surface area contributed by atoms with Crippen LogP contribution in [0.15, 0.2) is 0 Å². The Kier molecular flexibility index (Phi) is 3.59. The van der Waals surface area contributed by atoms with Crippen LogP contribution in [0.3, 0.4) is 0 Å². The van der Waals surface area contributed by atoms with Crippen LogP contribution < -0.4 is 11.1 Å². The molecule has 3 saturated carbocycles. The lowest BCUT2D eigenvalue weighted by atomic mass is 9.83. The largest absolute Gasteiger partial charge is 0.353 e. The summed E-state index contributed by atoms with van der Waals surface area (Å²) in [5, 5.41) is 3.24. The van der Waals surface area contributed by atoms with E-state index in [9.17, 15) is 4.79 Å². The number of carbonyl (C=O) groups is 1. The quantitative estimate of drug-likeness (QED) is 0.820. The van der Waals surface area contributed by atoms with Gasteiger partial charge in [0, 0.05) is 18.0 Å². The summed E-state index contributed by atoms with van der Waals surface area (Å²) < 4.78 is 0. The van der Waals surface area contributed by atoms with E-state index >= 15 is 0 Å². The van der Waals surface area contributed by atoms with Crippen molar-refractivity contribution in [3.05, 3.63) is 0 Å². The van der Waals surface area contributed by atoms with E-state index in [2.05, 4.69) is 12.2 Å². The van der Waals surface area contributed by atoms with E-state index in [1.165, 1.54) is 38.5 Å². The third-order valence-corrected chi connectivity index (χ3v) is 5.94. The van der Waals surface area contributed by atoms with Crippen LogP contribution in [-0.2, 0) is 4.79 Å². The van der Waals surface area contributed by atoms with Gasteiger partial charge < -0.3 is 11.1 Å². The number of carbonyl (C=O) groups excluding carboxylic acids is 1. The standard InChI is InChI=1S/C16H28N2O/c1-11(14-9-12-4-5-13(14)8-12)18-15(19)10-16(17)6-2-3-7-16/h11-14H,2-10,17H2,1H3,(H,18,19). The molecule has 2 bridgehead atoms. The van der Waals surface area contributed by atoms with E-state index in [0.29, 0.717) is 12.5 Å². The first-order chi connectivity index (χ1) is 9.06. The molecule has 3 aliphatic rings. The zero-order chi connectivity index (χ0) is 13.5. The van der Waals surface area contributed by atoms with Crippen molar-refractivity contribution in [3.63, 3.8) is 0 Å². The molecule has 4 unspecified atom stereocenters. The van der Waals surface area contributed by atoms with Gasteiger partial charge in [0.25, 0.3) is 0 Å². The summed E-state index contributed by atoms with van der Waals surface area (Å²) in [4.78, 5) is 12.2. The summed E-state index contributed by atoms with van der Waals surface area (Å²) in [6, 6.07) is 0.341. The third kappa shape index (κ3) is 2.81. The fraction of sp³-hybridized carbons (Fsp3) is 0.938. The molecule has 3 fully saturated rings. The zero-order valence-corrected chi connectivity index (χ0v) is 12.2. The fourth-order valence-corrected chi connectivity index (χ4v) is 4.89. The maximum absolute atomic E-state index is 12.2. The number of fused-ring (bicyclic) bond motifs is 2. The average molecular weight is 264 g/mol. The van der Waals surface area contributed by atoms with Gasteiger partial charge in [0.05, 0.1) is 0 Å². The van der Waals surface area contributed by atoms with Crippen LogP contribution in [0, 0.1) is 17.8 Å². The van der Waals surface area contributed by atoms with Crippen LogP contribution >= 0.6 is 0 Å². The van der Waals surface area contributed by atoms with Crippen molar-refractivity contribution >= 4 is 5.91 Å². The Morgan fingerprint density at radius 2 is 2.05 bits per heavy atom. The lowest BCUT2D eigenvalue weighted by Crippen LogP contribution is -2.46. The van der Waals surface area contributed by atoms with Crippen molar-refractivity contribution in [3.8, 4) is 0 Å². The Labute approximate surface area is 116 Å². The van der Waals surface area contributed by atoms with Gasteiger partial charge in [0.15, 0.2) is 0 Å². The zero-order valence-electron chi connectivity index (χ0n) is 12.2. The average Bonchev–Trinajstić information content (AvgIpc) is 3.04. The van der Waals surface area contributed by atoms with Crippen molar-refractivity contribution < 1.29 is 4.79 Å². The van der Waals surface area contributed by atoms with Gasteiger partial charge in [-0.05, 0) is 56.8 Å². The molecule has 0 heterocycles. The van der Waals surface area contributed by atoms with Gasteiger partial charge in [0.2, 0.25) is 5.91 Å². The van der Waals surface area contributed by atoms with E-state index in [4.69, 9.17) is 5.73 Å². The van der Waals surface area contributed by atoms with Crippen molar-refractivity contribution in [2.45, 2.75) is 76.3 Å². The Balaban J connectivity index is 1.49. The van der Waals surface area contributed by atoms with Crippen molar-refractivity contribution in [2.75, 3.05) is 0 Å². The van der Waals surface area contributed by atoms with Crippen molar-refractivity contribution in [1.82, 2.24) is 5.32 Å². The summed E-state index contributed by atoms with van der Waals surface area (Å²) in [5.41, 5.74) is 6.08. The number of amides is 1. The first kappa shape index (κ1) is 13.4. The Bertz CT molecular complexity index is 349. The Hall–Kier alpha value is -0.570. The Morgan fingerprint density at radius 3 is 2.63 bits per heavy atom. The van der Waals surface area contributed by atoms with Gasteiger partial charge in [-0.25, -0.2) is 0 Å². The lowest BCUT2D eigenvalue weighted by molar-refractivity contribution is -0.123. The van der Waals surface area contributed by atoms with E-state index in [1.54, 1.807) is 0 Å². The van der Waals surface area contributed by atoms with Gasteiger partial charge in [-0.15, -0.1) is 0 Å². The molecule has 1 amide bonds. The van der Waals surface area contributed by atoms with Gasteiger partial charge in [-0.3, -0.25) is 4.79 Å². The minimum atomic E-state index is -0.210. The van der Waals surface area contributed by atoms with E-state index in [0.717, 1.165) is 30.6 Å². The molecule has 0 spiro atoms. The van der Waals surface area contributed by atoms with E-state index in [1.807, 2.05) is 0 Å². The van der Waals surface area contributed by atoms with Crippen LogP contribution in [0.25, 0.3) is 0 Å². The third-order valence-electron chi connectivity index (χ3n) is 5.94. The SMILES string of the molecule is CC(NC(=O)CC1(N)CCCC1)C1CC2CCC1C2. The highest BCUT2D eigenvalue weighted by atomic mass is 16.1. The number of hydrogen-bond donors (Lipinski definition) is 2. The molecule has 0 aromatic carbocycles. The fourth-order valence-electron chi connectivity index (χ4n) is 4.89. The molecule has 0 aromatic heterocycles. The molecule has 108 valence electrons. The summed E-state index contributed by atoms with van der Waals surface area (Å²) in [6.07, 6.45) is 10.5. The number of nitrogens with one attached hydrogen (secondary N) is 1. The summed E-state index contributed by atoms with van der Waals surface area (Å²) in [5.74, 6) is 2.73. The second-order valence-electron chi connectivity index (χ2n) is 7.44. The van der Waals surface area contributed by atoms with Crippen LogP contribution in [0.5, 0.6) is 0 Å². The molecule has 3 rings (SSSR count). The van der Waals surface area contributed by atoms with Crippen LogP contribution in [0.2, 0.25) is 0 Å². The predicted octanol–water partition coefficient (Wildman–Crippen LogP) is 2.59. The highest BCUT2D eigenvalue weighted by molar-refractivity contribution is 5.77. The van der Waals surface area contributed by atoms with Gasteiger partial charge in [0.1, 0.15) is 0 Å². The maximum Gasteiger partial charge on any atom is 0.222 e. The first-order valence-corrected chi connectivity index (χ1v) is 8.14. The van der Waals surface area contributed by atoms with Gasteiger partial charge in [-0.2, -0.15) is 0 Å². The summed E-state index contributed by atoms with van der Waals surface area (Å²) in [6.45, 7) is 2.20. The monoisotopic (exact) mass is 264 g/mol. The predicted molar refractivity (Wildman–Crippen MR) is 76.5 cm³/mol. The second-order valence-corrected chi connectivity index (χ2v) is 7.44. The van der Waals surface area contributed by atoms with E-state index in [-0.39, 0.29) is 11.4 Å². The second kappa shape index (κ2) is 5.08. The minimum absolute atomic E-state index is 0.180. The summed E-state index contributed by atoms with van der Waals surface area (Å²) >= 11 is 0.